The van der Waals surface area contributed by atoms with Crippen LogP contribution in [0.25, 0.3) is 0 Å². The van der Waals surface area contributed by atoms with Crippen LogP contribution in [-0.4, -0.2) is 72.2 Å². The van der Waals surface area contributed by atoms with Crippen molar-refractivity contribution in [3.8, 4) is 0 Å². The molecule has 1 saturated heterocycles. The van der Waals surface area contributed by atoms with Gasteiger partial charge in [0.25, 0.3) is 0 Å². The maximum atomic E-state index is 13.1. The molecule has 1 aliphatic heterocycles. The number of allylic oxidation sites excluding steroid dienone is 1. The molecule has 0 aromatic heterocycles. The van der Waals surface area contributed by atoms with Crippen LogP contribution >= 0.6 is 0 Å². The number of aliphatic hydroxyl groups excluding tert-OH is 2. The van der Waals surface area contributed by atoms with Crippen molar-refractivity contribution in [1.29, 1.82) is 0 Å². The SMILES string of the molecule is C=C1C(=O)O[C@@H]2/C=C(/C)[C@@H](OC(C)=O)C/C=C(\C)C[C@@H](OC(=O)/C(=C/CO)COC(=O)/C(=C/C)CO)C12. The molecule has 0 radical (unpaired) electrons. The Labute approximate surface area is 215 Å². The number of carbonyl (C=O) groups excluding carboxylic acids is 4. The van der Waals surface area contributed by atoms with Gasteiger partial charge in [-0.2, -0.15) is 0 Å². The highest BCUT2D eigenvalue weighted by Gasteiger charge is 2.45. The predicted octanol–water partition coefficient (Wildman–Crippen LogP) is 2.01. The standard InChI is InChI=1S/C27H34O10/c1-6-19(13-29)26(32)34-14-20(9-10-28)27(33)37-22-11-15(2)7-8-21(35-18(5)30)16(3)12-23-24(22)17(4)25(31)36-23/h6-7,9,12,21-24,28-29H,4,8,10-11,13-14H2,1-3,5H3/b15-7+,16-12-,19-6+,20-9+/t21-,22+,23+,24?/m0/s1. The second-order valence-electron chi connectivity index (χ2n) is 8.82. The van der Waals surface area contributed by atoms with E-state index in [9.17, 15) is 29.4 Å². The molecule has 10 heteroatoms. The van der Waals surface area contributed by atoms with Gasteiger partial charge in [0, 0.05) is 25.3 Å². The second kappa shape index (κ2) is 13.7. The van der Waals surface area contributed by atoms with E-state index >= 15 is 0 Å². The van der Waals surface area contributed by atoms with Crippen molar-refractivity contribution < 1.29 is 48.3 Å². The predicted molar refractivity (Wildman–Crippen MR) is 132 cm³/mol. The maximum absolute atomic E-state index is 13.1. The largest absolute Gasteiger partial charge is 0.458 e. The van der Waals surface area contributed by atoms with Gasteiger partial charge in [0.15, 0.2) is 0 Å². The summed E-state index contributed by atoms with van der Waals surface area (Å²) in [5.41, 5.74) is 1.51. The first-order valence-corrected chi connectivity index (χ1v) is 11.9. The number of rotatable bonds is 8. The van der Waals surface area contributed by atoms with Crippen LogP contribution in [0.1, 0.15) is 40.5 Å². The molecule has 202 valence electrons. The van der Waals surface area contributed by atoms with Crippen LogP contribution in [0.15, 0.2) is 58.7 Å². The third kappa shape index (κ3) is 7.99. The molecule has 0 aromatic carbocycles. The molecule has 0 saturated carbocycles. The van der Waals surface area contributed by atoms with Gasteiger partial charge in [-0.25, -0.2) is 14.4 Å². The highest BCUT2D eigenvalue weighted by atomic mass is 16.6. The molecule has 0 amide bonds. The number of hydrogen-bond acceptors (Lipinski definition) is 10. The summed E-state index contributed by atoms with van der Waals surface area (Å²) in [6.07, 6.45) is 4.45. The number of ether oxygens (including phenoxy) is 4. The van der Waals surface area contributed by atoms with E-state index in [2.05, 4.69) is 6.58 Å². The lowest BCUT2D eigenvalue weighted by molar-refractivity contribution is -0.149. The summed E-state index contributed by atoms with van der Waals surface area (Å²) in [5.74, 6) is -3.47. The second-order valence-corrected chi connectivity index (χ2v) is 8.82. The summed E-state index contributed by atoms with van der Waals surface area (Å²) in [5, 5.41) is 18.6. The summed E-state index contributed by atoms with van der Waals surface area (Å²) < 4.78 is 21.8. The molecule has 0 bridgehead atoms. The Balaban J connectivity index is 2.34. The van der Waals surface area contributed by atoms with Crippen LogP contribution in [0.2, 0.25) is 0 Å². The number of esters is 4. The minimum Gasteiger partial charge on any atom is -0.458 e. The molecule has 1 aliphatic carbocycles. The summed E-state index contributed by atoms with van der Waals surface area (Å²) in [4.78, 5) is 49.2. The van der Waals surface area contributed by atoms with E-state index in [0.29, 0.717) is 12.0 Å². The smallest absolute Gasteiger partial charge is 0.337 e. The van der Waals surface area contributed by atoms with E-state index in [0.717, 1.165) is 11.6 Å². The van der Waals surface area contributed by atoms with Gasteiger partial charge in [-0.3, -0.25) is 4.79 Å². The van der Waals surface area contributed by atoms with E-state index in [1.165, 1.54) is 13.0 Å². The molecular formula is C27H34O10. The molecule has 0 spiro atoms. The van der Waals surface area contributed by atoms with Crippen molar-refractivity contribution in [2.24, 2.45) is 5.92 Å². The maximum Gasteiger partial charge on any atom is 0.337 e. The van der Waals surface area contributed by atoms with Crippen molar-refractivity contribution >= 4 is 23.9 Å². The van der Waals surface area contributed by atoms with E-state index in [1.54, 1.807) is 19.9 Å². The summed E-state index contributed by atoms with van der Waals surface area (Å²) in [6, 6.07) is 0. The highest BCUT2D eigenvalue weighted by Crippen LogP contribution is 2.36. The fourth-order valence-corrected chi connectivity index (χ4v) is 4.06. The average molecular weight is 519 g/mol. The number of aliphatic hydroxyl groups is 2. The number of fused-ring (bicyclic) bond motifs is 1. The van der Waals surface area contributed by atoms with Gasteiger partial charge in [-0.1, -0.05) is 24.3 Å². The van der Waals surface area contributed by atoms with Crippen LogP contribution in [-0.2, 0) is 38.1 Å². The van der Waals surface area contributed by atoms with Gasteiger partial charge in [0.1, 0.15) is 24.9 Å². The number of hydrogen-bond donors (Lipinski definition) is 2. The Hall–Kier alpha value is -3.50. The third-order valence-corrected chi connectivity index (χ3v) is 6.11. The zero-order valence-electron chi connectivity index (χ0n) is 21.5. The van der Waals surface area contributed by atoms with E-state index in [1.807, 2.05) is 13.0 Å². The molecule has 1 fully saturated rings. The lowest BCUT2D eigenvalue weighted by Crippen LogP contribution is -2.35. The minimum atomic E-state index is -0.872. The normalized spacial score (nSPS) is 27.6. The van der Waals surface area contributed by atoms with Gasteiger partial charge >= 0.3 is 23.9 Å². The van der Waals surface area contributed by atoms with Crippen molar-refractivity contribution in [2.75, 3.05) is 19.8 Å². The zero-order valence-corrected chi connectivity index (χ0v) is 21.5. The van der Waals surface area contributed by atoms with Crippen molar-refractivity contribution in [1.82, 2.24) is 0 Å². The van der Waals surface area contributed by atoms with Crippen molar-refractivity contribution in [3.63, 3.8) is 0 Å². The van der Waals surface area contributed by atoms with E-state index in [-0.39, 0.29) is 23.1 Å². The monoisotopic (exact) mass is 518 g/mol. The molecule has 10 nitrogen and oxygen atoms in total. The topological polar surface area (TPSA) is 146 Å². The Morgan fingerprint density at radius 3 is 2.46 bits per heavy atom. The van der Waals surface area contributed by atoms with Crippen LogP contribution in [0.3, 0.4) is 0 Å². The molecule has 37 heavy (non-hydrogen) atoms. The quantitative estimate of drug-likeness (QED) is 0.212. The van der Waals surface area contributed by atoms with E-state index < -0.39 is 67.9 Å². The first-order chi connectivity index (χ1) is 17.5. The molecule has 2 aliphatic rings. The summed E-state index contributed by atoms with van der Waals surface area (Å²) in [7, 11) is 0. The lowest BCUT2D eigenvalue weighted by atomic mass is 9.85. The molecule has 2 N–H and O–H groups in total. The lowest BCUT2D eigenvalue weighted by Gasteiger charge is -2.28. The first-order valence-electron chi connectivity index (χ1n) is 11.9. The third-order valence-electron chi connectivity index (χ3n) is 6.11. The summed E-state index contributed by atoms with van der Waals surface area (Å²) >= 11 is 0. The Kier molecular flexibility index (Phi) is 11.0. The Bertz CT molecular complexity index is 1050. The average Bonchev–Trinajstić information content (AvgIpc) is 3.11. The minimum absolute atomic E-state index is 0.0137. The molecule has 0 aromatic rings. The number of carbonyl (C=O) groups is 4. The van der Waals surface area contributed by atoms with Gasteiger partial charge in [0.05, 0.1) is 30.3 Å². The first kappa shape index (κ1) is 29.7. The molecule has 1 unspecified atom stereocenters. The van der Waals surface area contributed by atoms with Gasteiger partial charge in [-0.05, 0) is 38.5 Å². The van der Waals surface area contributed by atoms with Crippen LogP contribution in [0.5, 0.6) is 0 Å². The molecule has 2 rings (SSSR count). The van der Waals surface area contributed by atoms with Crippen LogP contribution in [0, 0.1) is 5.92 Å². The molecular weight excluding hydrogens is 484 g/mol. The van der Waals surface area contributed by atoms with Crippen molar-refractivity contribution in [2.45, 2.75) is 58.8 Å². The zero-order chi connectivity index (χ0) is 27.7. The van der Waals surface area contributed by atoms with Gasteiger partial charge < -0.3 is 29.2 Å². The van der Waals surface area contributed by atoms with Crippen molar-refractivity contribution in [3.05, 3.63) is 58.7 Å². The van der Waals surface area contributed by atoms with E-state index in [4.69, 9.17) is 18.9 Å². The Morgan fingerprint density at radius 1 is 1.16 bits per heavy atom. The molecule has 1 heterocycles. The van der Waals surface area contributed by atoms with Gasteiger partial charge in [-0.15, -0.1) is 0 Å². The Morgan fingerprint density at radius 2 is 1.86 bits per heavy atom. The molecule has 4 atom stereocenters. The van der Waals surface area contributed by atoms with Crippen LogP contribution in [0.4, 0.5) is 0 Å². The summed E-state index contributed by atoms with van der Waals surface area (Å²) in [6.45, 7) is 8.76. The highest BCUT2D eigenvalue weighted by molar-refractivity contribution is 5.93. The van der Waals surface area contributed by atoms with Gasteiger partial charge in [0.2, 0.25) is 0 Å². The fourth-order valence-electron chi connectivity index (χ4n) is 4.06. The van der Waals surface area contributed by atoms with Crippen LogP contribution < -0.4 is 0 Å². The fraction of sp³-hybridized carbons (Fsp3) is 0.481.